The molecule has 1 aliphatic heterocycles. The fourth-order valence-corrected chi connectivity index (χ4v) is 2.18. The average molecular weight is 276 g/mol. The van der Waals surface area contributed by atoms with Gasteiger partial charge in [0.1, 0.15) is 17.4 Å². The number of hydrogen-bond donors (Lipinski definition) is 0. The summed E-state index contributed by atoms with van der Waals surface area (Å²) in [5.41, 5.74) is 1.65. The molecule has 1 amide bonds. The summed E-state index contributed by atoms with van der Waals surface area (Å²) in [6.45, 7) is 10.3. The van der Waals surface area contributed by atoms with Crippen LogP contribution in [0.5, 0.6) is 0 Å². The van der Waals surface area contributed by atoms with Crippen LogP contribution in [-0.4, -0.2) is 26.4 Å². The quantitative estimate of drug-likeness (QED) is 0.790. The Labute approximate surface area is 118 Å². The Kier molecular flexibility index (Phi) is 3.46. The summed E-state index contributed by atoms with van der Waals surface area (Å²) in [5, 5.41) is 13.7. The van der Waals surface area contributed by atoms with E-state index in [0.29, 0.717) is 18.8 Å². The van der Waals surface area contributed by atoms with Crippen molar-refractivity contribution in [1.82, 2.24) is 14.7 Å². The van der Waals surface area contributed by atoms with Crippen LogP contribution in [0.1, 0.15) is 57.6 Å². The van der Waals surface area contributed by atoms with Gasteiger partial charge in [-0.15, -0.1) is 0 Å². The highest BCUT2D eigenvalue weighted by Crippen LogP contribution is 2.28. The summed E-state index contributed by atoms with van der Waals surface area (Å²) >= 11 is 0. The third-order valence-electron chi connectivity index (χ3n) is 3.03. The zero-order valence-corrected chi connectivity index (χ0v) is 12.6. The molecule has 6 heteroatoms. The van der Waals surface area contributed by atoms with E-state index >= 15 is 0 Å². The molecule has 0 unspecified atom stereocenters. The van der Waals surface area contributed by atoms with E-state index in [-0.39, 0.29) is 12.1 Å². The molecule has 2 rings (SSSR count). The first-order chi connectivity index (χ1) is 9.23. The van der Waals surface area contributed by atoms with Crippen molar-refractivity contribution in [2.75, 3.05) is 0 Å². The molecule has 1 aliphatic rings. The Balaban J connectivity index is 2.19. The molecule has 0 saturated carbocycles. The molecule has 0 N–H and O–H groups in total. The first kappa shape index (κ1) is 14.4. The lowest BCUT2D eigenvalue weighted by Gasteiger charge is -2.24. The summed E-state index contributed by atoms with van der Waals surface area (Å²) in [4.78, 5) is 13.6. The number of carbonyl (C=O) groups excluding carboxylic acids is 1. The van der Waals surface area contributed by atoms with E-state index in [1.807, 2.05) is 34.6 Å². The predicted octanol–water partition coefficient (Wildman–Crippen LogP) is 2.59. The Morgan fingerprint density at radius 2 is 2.05 bits per heavy atom. The minimum Gasteiger partial charge on any atom is -0.444 e. The number of hydrogen-bond acceptors (Lipinski definition) is 4. The van der Waals surface area contributed by atoms with E-state index < -0.39 is 5.60 Å². The second-order valence-corrected chi connectivity index (χ2v) is 6.26. The Hall–Kier alpha value is -2.03. The molecule has 0 radical (unpaired) electrons. The Morgan fingerprint density at radius 1 is 1.40 bits per heavy atom. The highest BCUT2D eigenvalue weighted by Gasteiger charge is 2.33. The number of rotatable bonds is 1. The number of carbonyl (C=O) groups is 1. The lowest BCUT2D eigenvalue weighted by Crippen LogP contribution is -2.33. The second kappa shape index (κ2) is 4.82. The van der Waals surface area contributed by atoms with Gasteiger partial charge in [-0.3, -0.25) is 9.58 Å². The monoisotopic (exact) mass is 276 g/mol. The van der Waals surface area contributed by atoms with Crippen molar-refractivity contribution < 1.29 is 9.53 Å². The lowest BCUT2D eigenvalue weighted by atomic mass is 10.2. The highest BCUT2D eigenvalue weighted by atomic mass is 16.6. The molecule has 0 saturated heterocycles. The van der Waals surface area contributed by atoms with E-state index in [2.05, 4.69) is 11.2 Å². The van der Waals surface area contributed by atoms with Gasteiger partial charge in [0.25, 0.3) is 0 Å². The Morgan fingerprint density at radius 3 is 2.55 bits per heavy atom. The minimum absolute atomic E-state index is 0.130. The van der Waals surface area contributed by atoms with E-state index in [1.165, 1.54) is 0 Å². The zero-order chi connectivity index (χ0) is 15.1. The van der Waals surface area contributed by atoms with Crippen LogP contribution in [0, 0.1) is 11.3 Å². The van der Waals surface area contributed by atoms with Crippen LogP contribution in [0.25, 0.3) is 0 Å². The van der Waals surface area contributed by atoms with E-state index in [4.69, 9.17) is 4.74 Å². The fourth-order valence-electron chi connectivity index (χ4n) is 2.18. The number of ether oxygens (including phenoxy) is 1. The maximum Gasteiger partial charge on any atom is 0.410 e. The molecule has 0 aromatic carbocycles. The molecular weight excluding hydrogens is 256 g/mol. The standard InChI is InChI=1S/C14H20N4O2/c1-9(2)18-12(6-15)10-7-17(8-11(10)16-18)13(19)20-14(3,4)5/h9H,7-8H2,1-5H3. The van der Waals surface area contributed by atoms with Gasteiger partial charge in [-0.25, -0.2) is 4.79 Å². The topological polar surface area (TPSA) is 71.2 Å². The van der Waals surface area contributed by atoms with E-state index in [9.17, 15) is 10.1 Å². The van der Waals surface area contributed by atoms with Crippen molar-refractivity contribution in [3.8, 4) is 6.07 Å². The van der Waals surface area contributed by atoms with Crippen LogP contribution < -0.4 is 0 Å². The summed E-state index contributed by atoms with van der Waals surface area (Å²) < 4.78 is 7.06. The van der Waals surface area contributed by atoms with Crippen LogP contribution in [-0.2, 0) is 17.8 Å². The lowest BCUT2D eigenvalue weighted by molar-refractivity contribution is 0.0239. The smallest absolute Gasteiger partial charge is 0.410 e. The number of aromatic nitrogens is 2. The molecule has 2 heterocycles. The van der Waals surface area contributed by atoms with Crippen LogP contribution >= 0.6 is 0 Å². The maximum absolute atomic E-state index is 12.0. The van der Waals surface area contributed by atoms with Crippen molar-refractivity contribution in [2.45, 2.75) is 59.4 Å². The van der Waals surface area contributed by atoms with Gasteiger partial charge in [0.15, 0.2) is 0 Å². The third kappa shape index (κ3) is 2.62. The second-order valence-electron chi connectivity index (χ2n) is 6.26. The minimum atomic E-state index is -0.521. The van der Waals surface area contributed by atoms with Gasteiger partial charge in [-0.1, -0.05) is 0 Å². The van der Waals surface area contributed by atoms with Gasteiger partial charge in [-0.05, 0) is 34.6 Å². The third-order valence-corrected chi connectivity index (χ3v) is 3.03. The highest BCUT2D eigenvalue weighted by molar-refractivity contribution is 5.69. The molecule has 0 aliphatic carbocycles. The molecule has 6 nitrogen and oxygen atoms in total. The molecule has 20 heavy (non-hydrogen) atoms. The van der Waals surface area contributed by atoms with Crippen LogP contribution in [0.15, 0.2) is 0 Å². The van der Waals surface area contributed by atoms with Crippen LogP contribution in [0.3, 0.4) is 0 Å². The van der Waals surface area contributed by atoms with Crippen molar-refractivity contribution in [3.63, 3.8) is 0 Å². The largest absolute Gasteiger partial charge is 0.444 e. The summed E-state index contributed by atoms with van der Waals surface area (Å²) in [5.74, 6) is 0. The molecule has 0 fully saturated rings. The van der Waals surface area contributed by atoms with Gasteiger partial charge in [0.05, 0.1) is 18.8 Å². The summed E-state index contributed by atoms with van der Waals surface area (Å²) in [7, 11) is 0. The molecule has 0 spiro atoms. The van der Waals surface area contributed by atoms with Crippen molar-refractivity contribution in [1.29, 1.82) is 5.26 Å². The Bertz CT molecular complexity index is 575. The maximum atomic E-state index is 12.0. The predicted molar refractivity (Wildman–Crippen MR) is 72.8 cm³/mol. The van der Waals surface area contributed by atoms with Crippen LogP contribution in [0.2, 0.25) is 0 Å². The van der Waals surface area contributed by atoms with Crippen molar-refractivity contribution in [2.24, 2.45) is 0 Å². The van der Waals surface area contributed by atoms with Gasteiger partial charge in [0.2, 0.25) is 0 Å². The average Bonchev–Trinajstić information content (AvgIpc) is 2.82. The zero-order valence-electron chi connectivity index (χ0n) is 12.6. The first-order valence-corrected chi connectivity index (χ1v) is 6.71. The number of fused-ring (bicyclic) bond motifs is 1. The molecule has 108 valence electrons. The van der Waals surface area contributed by atoms with Gasteiger partial charge < -0.3 is 4.74 Å². The molecular formula is C14H20N4O2. The number of nitrogens with zero attached hydrogens (tertiary/aromatic N) is 4. The van der Waals surface area contributed by atoms with Gasteiger partial charge in [-0.2, -0.15) is 10.4 Å². The molecule has 0 atom stereocenters. The van der Waals surface area contributed by atoms with Crippen molar-refractivity contribution in [3.05, 3.63) is 17.0 Å². The normalized spacial score (nSPS) is 14.3. The number of nitriles is 1. The number of amides is 1. The van der Waals surface area contributed by atoms with E-state index in [1.54, 1.807) is 9.58 Å². The fraction of sp³-hybridized carbons (Fsp3) is 0.643. The SMILES string of the molecule is CC(C)n1nc2c(c1C#N)CN(C(=O)OC(C)(C)C)C2. The molecule has 0 bridgehead atoms. The van der Waals surface area contributed by atoms with E-state index in [0.717, 1.165) is 11.3 Å². The van der Waals surface area contributed by atoms with Gasteiger partial charge in [0, 0.05) is 11.6 Å². The summed E-state index contributed by atoms with van der Waals surface area (Å²) in [6, 6.07) is 2.32. The first-order valence-electron chi connectivity index (χ1n) is 6.71. The van der Waals surface area contributed by atoms with Gasteiger partial charge >= 0.3 is 6.09 Å². The van der Waals surface area contributed by atoms with Crippen LogP contribution in [0.4, 0.5) is 4.79 Å². The molecule has 1 aromatic rings. The van der Waals surface area contributed by atoms with Crippen molar-refractivity contribution >= 4 is 6.09 Å². The molecule has 1 aromatic heterocycles. The summed E-state index contributed by atoms with van der Waals surface area (Å²) in [6.07, 6.45) is -0.365.